The Bertz CT molecular complexity index is 1150. The maximum Gasteiger partial charge on any atom is 0.255 e. The summed E-state index contributed by atoms with van der Waals surface area (Å²) in [5.74, 6) is -0.160. The van der Waals surface area contributed by atoms with Crippen molar-refractivity contribution in [1.29, 1.82) is 0 Å². The third-order valence-corrected chi connectivity index (χ3v) is 5.28. The van der Waals surface area contributed by atoms with E-state index in [0.29, 0.717) is 11.3 Å². The van der Waals surface area contributed by atoms with Crippen molar-refractivity contribution in [3.63, 3.8) is 0 Å². The summed E-state index contributed by atoms with van der Waals surface area (Å²) < 4.78 is 3.68. The van der Waals surface area contributed by atoms with E-state index in [1.807, 2.05) is 85.4 Å². The molecule has 0 spiro atoms. The molecule has 0 radical (unpaired) electrons. The first-order valence-electron chi connectivity index (χ1n) is 10.1. The van der Waals surface area contributed by atoms with Crippen LogP contribution >= 0.6 is 0 Å². The van der Waals surface area contributed by atoms with Gasteiger partial charge in [-0.2, -0.15) is 10.2 Å². The molecule has 6 heteroatoms. The minimum atomic E-state index is -0.165. The third-order valence-electron chi connectivity index (χ3n) is 5.28. The van der Waals surface area contributed by atoms with Gasteiger partial charge in [-0.15, -0.1) is 0 Å². The molecule has 30 heavy (non-hydrogen) atoms. The van der Waals surface area contributed by atoms with Crippen LogP contribution in [0.5, 0.6) is 0 Å². The molecule has 4 rings (SSSR count). The molecule has 1 amide bonds. The second kappa shape index (κ2) is 8.37. The number of rotatable bonds is 6. The maximum atomic E-state index is 13.3. The molecule has 4 aromatic rings. The molecule has 6 nitrogen and oxygen atoms in total. The molecule has 1 atom stereocenters. The van der Waals surface area contributed by atoms with E-state index < -0.39 is 0 Å². The molecule has 0 saturated heterocycles. The monoisotopic (exact) mass is 399 g/mol. The van der Waals surface area contributed by atoms with Crippen LogP contribution in [0.15, 0.2) is 73.1 Å². The summed E-state index contributed by atoms with van der Waals surface area (Å²) in [6.45, 7) is 6.86. The molecular weight excluding hydrogens is 374 g/mol. The predicted molar refractivity (Wildman–Crippen MR) is 118 cm³/mol. The highest BCUT2D eigenvalue weighted by atomic mass is 16.1. The fourth-order valence-corrected chi connectivity index (χ4v) is 3.62. The van der Waals surface area contributed by atoms with Crippen LogP contribution in [0.25, 0.3) is 16.9 Å². The summed E-state index contributed by atoms with van der Waals surface area (Å²) in [4.78, 5) is 13.3. The number of para-hydroxylation sites is 1. The average Bonchev–Trinajstić information content (AvgIpc) is 3.39. The number of hydrogen-bond donors (Lipinski definition) is 1. The van der Waals surface area contributed by atoms with Crippen LogP contribution in [0.2, 0.25) is 0 Å². The Morgan fingerprint density at radius 1 is 1.07 bits per heavy atom. The van der Waals surface area contributed by atoms with Crippen molar-refractivity contribution >= 4 is 5.91 Å². The highest BCUT2D eigenvalue weighted by Crippen LogP contribution is 2.25. The number of benzene rings is 2. The molecule has 0 bridgehead atoms. The Balaban J connectivity index is 1.69. The lowest BCUT2D eigenvalue weighted by atomic mass is 10.1. The van der Waals surface area contributed by atoms with E-state index in [2.05, 4.69) is 17.3 Å². The van der Waals surface area contributed by atoms with Crippen LogP contribution in [0.4, 0.5) is 0 Å². The van der Waals surface area contributed by atoms with Crippen LogP contribution < -0.4 is 5.32 Å². The first-order valence-corrected chi connectivity index (χ1v) is 10.1. The lowest BCUT2D eigenvalue weighted by molar-refractivity contribution is 0.0940. The summed E-state index contributed by atoms with van der Waals surface area (Å²) in [6.07, 6.45) is 3.62. The Kier molecular flexibility index (Phi) is 5.48. The minimum absolute atomic E-state index is 0.160. The summed E-state index contributed by atoms with van der Waals surface area (Å²) >= 11 is 0. The van der Waals surface area contributed by atoms with Gasteiger partial charge < -0.3 is 5.32 Å². The topological polar surface area (TPSA) is 64.7 Å². The Morgan fingerprint density at radius 2 is 1.73 bits per heavy atom. The molecule has 2 aromatic heterocycles. The zero-order chi connectivity index (χ0) is 21.1. The van der Waals surface area contributed by atoms with Gasteiger partial charge in [-0.05, 0) is 32.9 Å². The van der Waals surface area contributed by atoms with Crippen LogP contribution in [0, 0.1) is 6.92 Å². The number of hydrogen-bond acceptors (Lipinski definition) is 3. The van der Waals surface area contributed by atoms with Gasteiger partial charge >= 0.3 is 0 Å². The molecule has 2 heterocycles. The standard InChI is InChI=1S/C24H25N5O/c1-4-28-18(3)21(15-25-28)17(2)26-24(30)22-16-29(20-13-9-6-10-14-20)27-23(22)19-11-7-5-8-12-19/h5-17H,4H2,1-3H3,(H,26,30). The molecule has 2 aromatic carbocycles. The highest BCUT2D eigenvalue weighted by molar-refractivity contribution is 6.00. The fourth-order valence-electron chi connectivity index (χ4n) is 3.62. The van der Waals surface area contributed by atoms with Crippen molar-refractivity contribution in [2.75, 3.05) is 0 Å². The Labute approximate surface area is 176 Å². The van der Waals surface area contributed by atoms with E-state index in [4.69, 9.17) is 5.10 Å². The molecule has 0 aliphatic heterocycles. The van der Waals surface area contributed by atoms with Crippen molar-refractivity contribution in [1.82, 2.24) is 24.9 Å². The Morgan fingerprint density at radius 3 is 2.37 bits per heavy atom. The quantitative estimate of drug-likeness (QED) is 0.517. The van der Waals surface area contributed by atoms with Crippen LogP contribution in [0.1, 0.15) is 41.5 Å². The fraction of sp³-hybridized carbons (Fsp3) is 0.208. The normalized spacial score (nSPS) is 12.0. The maximum absolute atomic E-state index is 13.3. The number of carbonyl (C=O) groups is 1. The van der Waals surface area contributed by atoms with E-state index >= 15 is 0 Å². The molecule has 0 saturated carbocycles. The second-order valence-electron chi connectivity index (χ2n) is 7.23. The van der Waals surface area contributed by atoms with Gasteiger partial charge in [0.25, 0.3) is 5.91 Å². The number of nitrogens with one attached hydrogen (secondary N) is 1. The van der Waals surface area contributed by atoms with Gasteiger partial charge in [0, 0.05) is 29.6 Å². The molecule has 0 aliphatic rings. The molecule has 152 valence electrons. The largest absolute Gasteiger partial charge is 0.345 e. The summed E-state index contributed by atoms with van der Waals surface area (Å²) in [7, 11) is 0. The zero-order valence-corrected chi connectivity index (χ0v) is 17.4. The Hall–Kier alpha value is -3.67. The molecule has 0 aliphatic carbocycles. The van der Waals surface area contributed by atoms with Gasteiger partial charge in [-0.25, -0.2) is 4.68 Å². The van der Waals surface area contributed by atoms with Crippen molar-refractivity contribution in [3.8, 4) is 16.9 Å². The molecule has 1 unspecified atom stereocenters. The van der Waals surface area contributed by atoms with Gasteiger partial charge in [-0.1, -0.05) is 48.5 Å². The lowest BCUT2D eigenvalue weighted by Gasteiger charge is -2.14. The average molecular weight is 399 g/mol. The smallest absolute Gasteiger partial charge is 0.255 e. The van der Waals surface area contributed by atoms with E-state index in [-0.39, 0.29) is 11.9 Å². The van der Waals surface area contributed by atoms with Crippen LogP contribution in [-0.2, 0) is 6.54 Å². The van der Waals surface area contributed by atoms with Crippen molar-refractivity contribution in [2.24, 2.45) is 0 Å². The number of nitrogens with zero attached hydrogens (tertiary/aromatic N) is 4. The van der Waals surface area contributed by atoms with Crippen LogP contribution in [-0.4, -0.2) is 25.5 Å². The first kappa shape index (κ1) is 19.6. The number of aromatic nitrogens is 4. The van der Waals surface area contributed by atoms with Crippen molar-refractivity contribution in [3.05, 3.63) is 89.9 Å². The number of aryl methyl sites for hydroxylation is 1. The summed E-state index contributed by atoms with van der Waals surface area (Å²) in [5, 5.41) is 12.2. The van der Waals surface area contributed by atoms with Gasteiger partial charge in [-0.3, -0.25) is 9.48 Å². The van der Waals surface area contributed by atoms with Gasteiger partial charge in [0.1, 0.15) is 5.69 Å². The second-order valence-corrected chi connectivity index (χ2v) is 7.23. The van der Waals surface area contributed by atoms with Gasteiger partial charge in [0.2, 0.25) is 0 Å². The minimum Gasteiger partial charge on any atom is -0.345 e. The molecule has 0 fully saturated rings. The van der Waals surface area contributed by atoms with Crippen LogP contribution in [0.3, 0.4) is 0 Å². The summed E-state index contributed by atoms with van der Waals surface area (Å²) in [5.41, 5.74) is 5.08. The summed E-state index contributed by atoms with van der Waals surface area (Å²) in [6, 6.07) is 19.4. The molecule has 1 N–H and O–H groups in total. The van der Waals surface area contributed by atoms with Crippen molar-refractivity contribution < 1.29 is 4.79 Å². The zero-order valence-electron chi connectivity index (χ0n) is 17.4. The first-order chi connectivity index (χ1) is 14.6. The van der Waals surface area contributed by atoms with E-state index in [9.17, 15) is 4.79 Å². The van der Waals surface area contributed by atoms with Gasteiger partial charge in [0.15, 0.2) is 0 Å². The highest BCUT2D eigenvalue weighted by Gasteiger charge is 2.22. The SMILES string of the molecule is CCn1ncc(C(C)NC(=O)c2cn(-c3ccccc3)nc2-c2ccccc2)c1C. The van der Waals surface area contributed by atoms with E-state index in [1.165, 1.54) is 0 Å². The number of carbonyl (C=O) groups excluding carboxylic acids is 1. The van der Waals surface area contributed by atoms with E-state index in [0.717, 1.165) is 29.1 Å². The van der Waals surface area contributed by atoms with Crippen molar-refractivity contribution in [2.45, 2.75) is 33.4 Å². The van der Waals surface area contributed by atoms with E-state index in [1.54, 1.807) is 10.9 Å². The van der Waals surface area contributed by atoms with Gasteiger partial charge in [0.05, 0.1) is 23.5 Å². The number of amides is 1. The molecular formula is C24H25N5O. The predicted octanol–water partition coefficient (Wildman–Crippen LogP) is 4.56. The third kappa shape index (κ3) is 3.76. The lowest BCUT2D eigenvalue weighted by Crippen LogP contribution is -2.27.